The van der Waals surface area contributed by atoms with Crippen LogP contribution in [0.2, 0.25) is 0 Å². The number of anilines is 1. The fourth-order valence-corrected chi connectivity index (χ4v) is 3.60. The number of hydrogen-bond donors (Lipinski definition) is 2. The number of carbonyl (C=O) groups is 3. The van der Waals surface area contributed by atoms with Crippen molar-refractivity contribution in [1.82, 2.24) is 5.32 Å². The van der Waals surface area contributed by atoms with Gasteiger partial charge in [-0.3, -0.25) is 9.59 Å². The first-order valence-corrected chi connectivity index (χ1v) is 9.76. The van der Waals surface area contributed by atoms with E-state index in [2.05, 4.69) is 10.6 Å². The van der Waals surface area contributed by atoms with Crippen molar-refractivity contribution < 1.29 is 19.1 Å². The number of thiophene rings is 1. The molecule has 7 heteroatoms. The summed E-state index contributed by atoms with van der Waals surface area (Å²) in [5.41, 5.74) is 1.20. The lowest BCUT2D eigenvalue weighted by Gasteiger charge is -2.07. The summed E-state index contributed by atoms with van der Waals surface area (Å²) in [7, 11) is 0. The number of ether oxygens (including phenoxy) is 1. The van der Waals surface area contributed by atoms with Crippen molar-refractivity contribution >= 4 is 34.1 Å². The molecule has 6 nitrogen and oxygen atoms in total. The van der Waals surface area contributed by atoms with Crippen molar-refractivity contribution in [3.8, 4) is 0 Å². The quantitative estimate of drug-likeness (QED) is 0.528. The standard InChI is InChI=1S/C20H24N2O4S/c1-4-6-12-21-18(24)16-13(3)15(20(25)26-5-2)19(27-16)22-17(23)14-10-8-7-9-11-14/h7-11H,4-6,12H2,1-3H3,(H,21,24)(H,22,23). The third-order valence-electron chi connectivity index (χ3n) is 3.91. The Hall–Kier alpha value is -2.67. The summed E-state index contributed by atoms with van der Waals surface area (Å²) in [5, 5.41) is 5.91. The van der Waals surface area contributed by atoms with Crippen LogP contribution in [0.4, 0.5) is 5.00 Å². The highest BCUT2D eigenvalue weighted by molar-refractivity contribution is 7.18. The second-order valence-electron chi connectivity index (χ2n) is 5.91. The van der Waals surface area contributed by atoms with Crippen LogP contribution >= 0.6 is 11.3 Å². The van der Waals surface area contributed by atoms with Crippen molar-refractivity contribution in [2.45, 2.75) is 33.6 Å². The molecular formula is C20H24N2O4S. The van der Waals surface area contributed by atoms with Crippen molar-refractivity contribution in [2.24, 2.45) is 0 Å². The largest absolute Gasteiger partial charge is 0.462 e. The molecule has 0 fully saturated rings. The smallest absolute Gasteiger partial charge is 0.341 e. The normalized spacial score (nSPS) is 10.3. The van der Waals surface area contributed by atoms with Crippen LogP contribution in [0.15, 0.2) is 30.3 Å². The third-order valence-corrected chi connectivity index (χ3v) is 5.12. The zero-order valence-electron chi connectivity index (χ0n) is 15.8. The SMILES string of the molecule is CCCCNC(=O)c1sc(NC(=O)c2ccccc2)c(C(=O)OCC)c1C. The van der Waals surface area contributed by atoms with Gasteiger partial charge in [-0.1, -0.05) is 31.5 Å². The van der Waals surface area contributed by atoms with Crippen molar-refractivity contribution in [3.05, 3.63) is 51.9 Å². The molecule has 1 aromatic carbocycles. The fraction of sp³-hybridized carbons (Fsp3) is 0.350. The highest BCUT2D eigenvalue weighted by atomic mass is 32.1. The van der Waals surface area contributed by atoms with Crippen LogP contribution in [0, 0.1) is 6.92 Å². The number of amides is 2. The van der Waals surface area contributed by atoms with E-state index in [0.29, 0.717) is 27.5 Å². The van der Waals surface area contributed by atoms with Gasteiger partial charge in [-0.25, -0.2) is 4.79 Å². The number of hydrogen-bond acceptors (Lipinski definition) is 5. The highest BCUT2D eigenvalue weighted by Crippen LogP contribution is 2.34. The Morgan fingerprint density at radius 2 is 1.78 bits per heavy atom. The molecule has 1 heterocycles. The maximum Gasteiger partial charge on any atom is 0.341 e. The van der Waals surface area contributed by atoms with E-state index < -0.39 is 5.97 Å². The first kappa shape index (κ1) is 20.6. The Kier molecular flexibility index (Phi) is 7.55. The molecule has 2 rings (SSSR count). The average Bonchev–Trinajstić information content (AvgIpc) is 2.98. The number of benzene rings is 1. The van der Waals surface area contributed by atoms with Gasteiger partial charge in [0.25, 0.3) is 11.8 Å². The zero-order chi connectivity index (χ0) is 19.8. The molecule has 144 valence electrons. The molecule has 0 aliphatic carbocycles. The predicted molar refractivity (Wildman–Crippen MR) is 107 cm³/mol. The summed E-state index contributed by atoms with van der Waals surface area (Å²) < 4.78 is 5.11. The Morgan fingerprint density at radius 1 is 1.07 bits per heavy atom. The van der Waals surface area contributed by atoms with Crippen LogP contribution in [-0.2, 0) is 4.74 Å². The molecule has 0 aliphatic rings. The van der Waals surface area contributed by atoms with E-state index in [1.165, 1.54) is 0 Å². The predicted octanol–water partition coefficient (Wildman–Crippen LogP) is 4.02. The molecule has 0 spiro atoms. The summed E-state index contributed by atoms with van der Waals surface area (Å²) in [5.74, 6) is -1.15. The number of esters is 1. The van der Waals surface area contributed by atoms with Crippen LogP contribution in [0.1, 0.15) is 62.6 Å². The van der Waals surface area contributed by atoms with Gasteiger partial charge in [0.05, 0.1) is 17.0 Å². The second-order valence-corrected chi connectivity index (χ2v) is 6.93. The maximum atomic E-state index is 12.5. The van der Waals surface area contributed by atoms with Gasteiger partial charge < -0.3 is 15.4 Å². The van der Waals surface area contributed by atoms with Gasteiger partial charge in [0.2, 0.25) is 0 Å². The van der Waals surface area contributed by atoms with Crippen LogP contribution in [0.3, 0.4) is 0 Å². The van der Waals surface area contributed by atoms with Crippen molar-refractivity contribution in [2.75, 3.05) is 18.5 Å². The molecule has 0 aliphatic heterocycles. The summed E-state index contributed by atoms with van der Waals surface area (Å²) in [4.78, 5) is 37.8. The Bertz CT molecular complexity index is 815. The molecule has 2 N–H and O–H groups in total. The van der Waals surface area contributed by atoms with E-state index in [0.717, 1.165) is 24.2 Å². The summed E-state index contributed by atoms with van der Waals surface area (Å²) in [6.07, 6.45) is 1.84. The molecule has 0 atom stereocenters. The number of nitrogens with one attached hydrogen (secondary N) is 2. The minimum atomic E-state index is -0.554. The average molecular weight is 388 g/mol. The van der Waals surface area contributed by atoms with E-state index in [-0.39, 0.29) is 24.0 Å². The summed E-state index contributed by atoms with van der Waals surface area (Å²) in [6, 6.07) is 8.69. The number of carbonyl (C=O) groups excluding carboxylic acids is 3. The van der Waals surface area contributed by atoms with E-state index in [9.17, 15) is 14.4 Å². The Morgan fingerprint density at radius 3 is 2.41 bits per heavy atom. The Labute approximate surface area is 162 Å². The van der Waals surface area contributed by atoms with Crippen LogP contribution < -0.4 is 10.6 Å². The van der Waals surface area contributed by atoms with E-state index in [1.54, 1.807) is 38.1 Å². The lowest BCUT2D eigenvalue weighted by molar-refractivity contribution is 0.0527. The van der Waals surface area contributed by atoms with E-state index >= 15 is 0 Å². The van der Waals surface area contributed by atoms with Crippen molar-refractivity contribution in [3.63, 3.8) is 0 Å². The molecular weight excluding hydrogens is 364 g/mol. The topological polar surface area (TPSA) is 84.5 Å². The van der Waals surface area contributed by atoms with Crippen LogP contribution in [-0.4, -0.2) is 30.9 Å². The first-order chi connectivity index (χ1) is 13.0. The molecule has 0 radical (unpaired) electrons. The highest BCUT2D eigenvalue weighted by Gasteiger charge is 2.26. The van der Waals surface area contributed by atoms with Gasteiger partial charge in [-0.15, -0.1) is 11.3 Å². The molecule has 0 bridgehead atoms. The summed E-state index contributed by atoms with van der Waals surface area (Å²) in [6.45, 7) is 6.21. The molecule has 0 unspecified atom stereocenters. The fourth-order valence-electron chi connectivity index (χ4n) is 2.49. The van der Waals surface area contributed by atoms with Crippen molar-refractivity contribution in [1.29, 1.82) is 0 Å². The lowest BCUT2D eigenvalue weighted by atomic mass is 10.1. The Balaban J connectivity index is 2.33. The van der Waals surface area contributed by atoms with E-state index in [1.807, 2.05) is 13.0 Å². The van der Waals surface area contributed by atoms with E-state index in [4.69, 9.17) is 4.74 Å². The molecule has 2 aromatic rings. The second kappa shape index (κ2) is 9.87. The molecule has 0 saturated heterocycles. The molecule has 2 amide bonds. The minimum Gasteiger partial charge on any atom is -0.462 e. The zero-order valence-corrected chi connectivity index (χ0v) is 16.6. The lowest BCUT2D eigenvalue weighted by Crippen LogP contribution is -2.24. The van der Waals surface area contributed by atoms with Gasteiger partial charge in [-0.05, 0) is 38.0 Å². The number of unbranched alkanes of at least 4 members (excludes halogenated alkanes) is 1. The number of rotatable bonds is 8. The third kappa shape index (κ3) is 5.17. The maximum absolute atomic E-state index is 12.5. The summed E-state index contributed by atoms with van der Waals surface area (Å²) >= 11 is 1.08. The van der Waals surface area contributed by atoms with Crippen LogP contribution in [0.5, 0.6) is 0 Å². The monoisotopic (exact) mass is 388 g/mol. The van der Waals surface area contributed by atoms with Gasteiger partial charge in [0, 0.05) is 12.1 Å². The van der Waals surface area contributed by atoms with Gasteiger partial charge in [-0.2, -0.15) is 0 Å². The van der Waals surface area contributed by atoms with Gasteiger partial charge >= 0.3 is 5.97 Å². The van der Waals surface area contributed by atoms with Crippen LogP contribution in [0.25, 0.3) is 0 Å². The molecule has 0 saturated carbocycles. The van der Waals surface area contributed by atoms with Gasteiger partial charge in [0.15, 0.2) is 0 Å². The first-order valence-electron chi connectivity index (χ1n) is 8.94. The minimum absolute atomic E-state index is 0.207. The van der Waals surface area contributed by atoms with Gasteiger partial charge in [0.1, 0.15) is 5.00 Å². The molecule has 1 aromatic heterocycles. The molecule has 27 heavy (non-hydrogen) atoms.